The number of ether oxygens (including phenoxy) is 2. The lowest BCUT2D eigenvalue weighted by Crippen LogP contribution is -3.15. The minimum absolute atomic E-state index is 0.0714. The van der Waals surface area contributed by atoms with Gasteiger partial charge in [-0.1, -0.05) is 13.0 Å². The summed E-state index contributed by atoms with van der Waals surface area (Å²) in [6, 6.07) is 6.24. The molecule has 0 unspecified atom stereocenters. The van der Waals surface area contributed by atoms with E-state index in [1.165, 1.54) is 25.1 Å². The molecule has 0 amide bonds. The second-order valence-electron chi connectivity index (χ2n) is 10.8. The van der Waals surface area contributed by atoms with Crippen molar-refractivity contribution in [3.8, 4) is 0 Å². The Morgan fingerprint density at radius 1 is 1.27 bits per heavy atom. The fourth-order valence-corrected chi connectivity index (χ4v) is 7.35. The Bertz CT molecular complexity index is 805. The molecule has 1 spiro atoms. The molecule has 6 nitrogen and oxygen atoms in total. The van der Waals surface area contributed by atoms with Crippen LogP contribution >= 0.6 is 0 Å². The number of quaternary nitrogens is 1. The maximum absolute atomic E-state index is 12.9. The van der Waals surface area contributed by atoms with Crippen molar-refractivity contribution in [3.05, 3.63) is 24.4 Å². The van der Waals surface area contributed by atoms with Gasteiger partial charge in [0.05, 0.1) is 24.9 Å². The van der Waals surface area contributed by atoms with Crippen LogP contribution in [-0.4, -0.2) is 57.0 Å². The van der Waals surface area contributed by atoms with Crippen molar-refractivity contribution in [2.45, 2.75) is 50.7 Å². The molecule has 30 heavy (non-hydrogen) atoms. The van der Waals surface area contributed by atoms with Gasteiger partial charge in [0.25, 0.3) is 5.82 Å². The maximum Gasteiger partial charge on any atom is 0.315 e. The zero-order valence-corrected chi connectivity index (χ0v) is 18.1. The molecule has 0 radical (unpaired) electrons. The second kappa shape index (κ2) is 6.92. The highest BCUT2D eigenvalue weighted by molar-refractivity contribution is 5.75. The van der Waals surface area contributed by atoms with Gasteiger partial charge in [0, 0.05) is 12.0 Å². The average Bonchev–Trinajstić information content (AvgIpc) is 3.46. The minimum Gasteiger partial charge on any atom is -0.462 e. The number of piperazine rings is 1. The summed E-state index contributed by atoms with van der Waals surface area (Å²) in [6.45, 7) is 8.53. The van der Waals surface area contributed by atoms with Gasteiger partial charge < -0.3 is 14.4 Å². The van der Waals surface area contributed by atoms with Crippen molar-refractivity contribution in [1.82, 2.24) is 0 Å². The summed E-state index contributed by atoms with van der Waals surface area (Å²) in [4.78, 5) is 20.2. The van der Waals surface area contributed by atoms with Crippen LogP contribution in [0.25, 0.3) is 0 Å². The number of carbonyl (C=O) groups is 1. The van der Waals surface area contributed by atoms with Crippen LogP contribution in [-0.2, 0) is 14.3 Å². The van der Waals surface area contributed by atoms with Gasteiger partial charge in [-0.15, -0.1) is 0 Å². The Morgan fingerprint density at radius 2 is 2.10 bits per heavy atom. The van der Waals surface area contributed by atoms with Gasteiger partial charge in [-0.05, 0) is 49.5 Å². The third kappa shape index (κ3) is 3.06. The lowest BCUT2D eigenvalue weighted by Gasteiger charge is -2.51. The molecule has 4 heterocycles. The van der Waals surface area contributed by atoms with Crippen LogP contribution in [0.4, 0.5) is 5.82 Å². The number of hydrogen-bond donors (Lipinski definition) is 1. The standard InChI is InChI=1S/C24H33N3O3/c1-23-6-4-7-24(16-29-24)20(23)13-17-18(22(28)30-19(17)14-23)15-26-9-11-27(12-10-26)21-5-2-3-8-25-21/h2-3,5,8,17-20H,4,6-7,9-16H2,1H3/p+2/t17-,18-,19-,20+,23-,24+/m1/s1. The first kappa shape index (κ1) is 19.1. The number of nitrogens with one attached hydrogen (secondary N) is 2. The SMILES string of the molecule is C[C@]12CCC[C@]3(CO3)[C@H]1C[C@H]1[C@@H](C2)OC(=O)[C@@H]1C[NH+]1CCN(c2cccc[nH+]2)CC1. The average molecular weight is 414 g/mol. The molecule has 2 aliphatic carbocycles. The second-order valence-corrected chi connectivity index (χ2v) is 10.8. The van der Waals surface area contributed by atoms with Crippen LogP contribution in [0.2, 0.25) is 0 Å². The molecule has 3 aliphatic heterocycles. The number of hydrogen-bond acceptors (Lipinski definition) is 4. The number of epoxide rings is 1. The highest BCUT2D eigenvalue weighted by Gasteiger charge is 2.65. The van der Waals surface area contributed by atoms with Crippen LogP contribution in [0.5, 0.6) is 0 Å². The number of nitrogens with zero attached hydrogens (tertiary/aromatic N) is 1. The van der Waals surface area contributed by atoms with E-state index < -0.39 is 0 Å². The van der Waals surface area contributed by atoms with E-state index in [4.69, 9.17) is 9.47 Å². The van der Waals surface area contributed by atoms with Crippen LogP contribution in [0.1, 0.15) is 39.0 Å². The number of fused-ring (bicyclic) bond motifs is 3. The van der Waals surface area contributed by atoms with E-state index in [2.05, 4.69) is 28.9 Å². The van der Waals surface area contributed by atoms with Crippen LogP contribution in [0.3, 0.4) is 0 Å². The smallest absolute Gasteiger partial charge is 0.315 e. The summed E-state index contributed by atoms with van der Waals surface area (Å²) < 4.78 is 12.1. The molecule has 0 bridgehead atoms. The number of esters is 1. The molecular formula is C24H35N3O3+2. The van der Waals surface area contributed by atoms with E-state index >= 15 is 0 Å². The fourth-order valence-electron chi connectivity index (χ4n) is 7.35. The first-order chi connectivity index (χ1) is 14.6. The monoisotopic (exact) mass is 413 g/mol. The molecule has 6 atom stereocenters. The Labute approximate surface area is 178 Å². The Hall–Kier alpha value is -1.66. The Morgan fingerprint density at radius 3 is 2.83 bits per heavy atom. The number of carbonyl (C=O) groups excluding carboxylic acids is 1. The molecular weight excluding hydrogens is 378 g/mol. The van der Waals surface area contributed by atoms with Crippen molar-refractivity contribution in [3.63, 3.8) is 0 Å². The molecule has 1 aromatic rings. The van der Waals surface area contributed by atoms with E-state index in [1.807, 2.05) is 12.3 Å². The van der Waals surface area contributed by atoms with E-state index in [0.29, 0.717) is 11.8 Å². The number of aromatic nitrogens is 1. The van der Waals surface area contributed by atoms with Crippen molar-refractivity contribution in [1.29, 1.82) is 0 Å². The molecule has 3 saturated heterocycles. The first-order valence-electron chi connectivity index (χ1n) is 12.0. The molecule has 6 heteroatoms. The number of H-pyrrole nitrogens is 1. The van der Waals surface area contributed by atoms with E-state index in [0.717, 1.165) is 52.2 Å². The predicted octanol–water partition coefficient (Wildman–Crippen LogP) is 0.733. The summed E-state index contributed by atoms with van der Waals surface area (Å²) in [5.41, 5.74) is 0.425. The lowest BCUT2D eigenvalue weighted by molar-refractivity contribution is -0.903. The first-order valence-corrected chi connectivity index (χ1v) is 12.0. The van der Waals surface area contributed by atoms with E-state index in [1.54, 1.807) is 4.90 Å². The molecule has 5 fully saturated rings. The zero-order chi connectivity index (χ0) is 20.3. The third-order valence-corrected chi connectivity index (χ3v) is 9.09. The molecule has 6 rings (SSSR count). The molecule has 2 N–H and O–H groups in total. The fraction of sp³-hybridized carbons (Fsp3) is 0.750. The summed E-state index contributed by atoms with van der Waals surface area (Å²) in [5.74, 6) is 2.34. The molecule has 2 saturated carbocycles. The number of aromatic amines is 1. The van der Waals surface area contributed by atoms with Gasteiger partial charge >= 0.3 is 5.97 Å². The highest BCUT2D eigenvalue weighted by atomic mass is 16.6. The number of pyridine rings is 1. The number of rotatable bonds is 3. The molecule has 5 aliphatic rings. The topological polar surface area (TPSA) is 60.6 Å². The largest absolute Gasteiger partial charge is 0.462 e. The predicted molar refractivity (Wildman–Crippen MR) is 111 cm³/mol. The maximum atomic E-state index is 12.9. The minimum atomic E-state index is 0.0714. The van der Waals surface area contributed by atoms with Crippen molar-refractivity contribution < 1.29 is 24.2 Å². The van der Waals surface area contributed by atoms with Crippen molar-refractivity contribution in [2.24, 2.45) is 23.2 Å². The van der Waals surface area contributed by atoms with Crippen molar-refractivity contribution >= 4 is 11.8 Å². The van der Waals surface area contributed by atoms with Gasteiger partial charge in [0.2, 0.25) is 0 Å². The van der Waals surface area contributed by atoms with Gasteiger partial charge in [-0.2, -0.15) is 0 Å². The summed E-state index contributed by atoms with van der Waals surface area (Å²) in [6.07, 6.45) is 8.03. The van der Waals surface area contributed by atoms with E-state index in [-0.39, 0.29) is 29.0 Å². The summed E-state index contributed by atoms with van der Waals surface area (Å²) in [7, 11) is 0. The van der Waals surface area contributed by atoms with E-state index in [9.17, 15) is 4.79 Å². The van der Waals surface area contributed by atoms with Gasteiger partial charge in [-0.3, -0.25) is 9.69 Å². The summed E-state index contributed by atoms with van der Waals surface area (Å²) >= 11 is 0. The third-order valence-electron chi connectivity index (χ3n) is 9.09. The van der Waals surface area contributed by atoms with Crippen LogP contribution < -0.4 is 14.8 Å². The Kier molecular flexibility index (Phi) is 4.40. The van der Waals surface area contributed by atoms with Crippen LogP contribution in [0, 0.1) is 23.2 Å². The molecule has 0 aromatic carbocycles. The highest BCUT2D eigenvalue weighted by Crippen LogP contribution is 2.62. The van der Waals surface area contributed by atoms with Crippen molar-refractivity contribution in [2.75, 3.05) is 44.2 Å². The van der Waals surface area contributed by atoms with Gasteiger partial charge in [-0.25, -0.2) is 4.98 Å². The number of anilines is 1. The summed E-state index contributed by atoms with van der Waals surface area (Å²) in [5, 5.41) is 0. The quantitative estimate of drug-likeness (QED) is 0.586. The molecule has 162 valence electrons. The zero-order valence-electron chi connectivity index (χ0n) is 18.1. The van der Waals surface area contributed by atoms with Crippen LogP contribution in [0.15, 0.2) is 24.4 Å². The normalized spacial score (nSPS) is 43.2. The van der Waals surface area contributed by atoms with Gasteiger partial charge in [0.1, 0.15) is 38.2 Å². The van der Waals surface area contributed by atoms with Gasteiger partial charge in [0.15, 0.2) is 0 Å². The molecule has 1 aromatic heterocycles. The Balaban J connectivity index is 1.12. The lowest BCUT2D eigenvalue weighted by atomic mass is 9.53.